The van der Waals surface area contributed by atoms with E-state index >= 15 is 0 Å². The third-order valence-electron chi connectivity index (χ3n) is 5.11. The van der Waals surface area contributed by atoms with Crippen LogP contribution in [0.2, 0.25) is 0 Å². The number of nitrogens with zero attached hydrogens (tertiary/aromatic N) is 1. The summed E-state index contributed by atoms with van der Waals surface area (Å²) in [5.41, 5.74) is 2.76. The lowest BCUT2D eigenvalue weighted by Crippen LogP contribution is -2.25. The van der Waals surface area contributed by atoms with Gasteiger partial charge in [-0.15, -0.1) is 0 Å². The molecule has 1 aromatic heterocycles. The molecule has 2 heterocycles. The summed E-state index contributed by atoms with van der Waals surface area (Å²) in [7, 11) is 3.17. The van der Waals surface area contributed by atoms with Crippen molar-refractivity contribution in [1.29, 1.82) is 0 Å². The number of anilines is 1. The molecule has 7 heteroatoms. The lowest BCUT2D eigenvalue weighted by molar-refractivity contribution is -0.116. The van der Waals surface area contributed by atoms with Crippen molar-refractivity contribution in [3.8, 4) is 17.2 Å². The summed E-state index contributed by atoms with van der Waals surface area (Å²) >= 11 is 0. The van der Waals surface area contributed by atoms with E-state index in [2.05, 4.69) is 5.32 Å². The first-order valence-electron chi connectivity index (χ1n) is 9.08. The first kappa shape index (κ1) is 18.6. The summed E-state index contributed by atoms with van der Waals surface area (Å²) in [5, 5.41) is 12.5. The second-order valence-corrected chi connectivity index (χ2v) is 6.76. The van der Waals surface area contributed by atoms with Gasteiger partial charge in [-0.3, -0.25) is 4.79 Å². The van der Waals surface area contributed by atoms with E-state index < -0.39 is 5.97 Å². The molecule has 7 nitrogen and oxygen atoms in total. The fourth-order valence-corrected chi connectivity index (χ4v) is 3.72. The molecule has 2 N–H and O–H groups in total. The van der Waals surface area contributed by atoms with Crippen LogP contribution < -0.4 is 14.8 Å². The first-order chi connectivity index (χ1) is 14.0. The molecule has 148 valence electrons. The van der Waals surface area contributed by atoms with Gasteiger partial charge in [-0.1, -0.05) is 18.2 Å². The number of hydrogen-bond donors (Lipinski definition) is 2. The van der Waals surface area contributed by atoms with Crippen molar-refractivity contribution in [3.05, 3.63) is 71.5 Å². The number of nitrogens with one attached hydrogen (secondary N) is 1. The van der Waals surface area contributed by atoms with Gasteiger partial charge in [-0.25, -0.2) is 4.79 Å². The van der Waals surface area contributed by atoms with Crippen LogP contribution in [0.3, 0.4) is 0 Å². The van der Waals surface area contributed by atoms with Crippen molar-refractivity contribution in [2.24, 2.45) is 0 Å². The van der Waals surface area contributed by atoms with Crippen LogP contribution in [0.4, 0.5) is 5.69 Å². The summed E-state index contributed by atoms with van der Waals surface area (Å²) in [6.45, 7) is 0. The highest BCUT2D eigenvalue weighted by Crippen LogP contribution is 2.42. The van der Waals surface area contributed by atoms with Crippen LogP contribution in [0.5, 0.6) is 11.5 Å². The zero-order chi connectivity index (χ0) is 20.5. The number of carboxylic acid groups (broad SMARTS) is 1. The van der Waals surface area contributed by atoms with Gasteiger partial charge in [0.1, 0.15) is 17.1 Å². The highest BCUT2D eigenvalue weighted by atomic mass is 16.5. The normalized spacial score (nSPS) is 15.4. The van der Waals surface area contributed by atoms with E-state index in [0.717, 1.165) is 16.9 Å². The van der Waals surface area contributed by atoms with Crippen LogP contribution in [0.25, 0.3) is 5.69 Å². The highest BCUT2D eigenvalue weighted by Gasteiger charge is 2.34. The van der Waals surface area contributed by atoms with Crippen molar-refractivity contribution in [2.75, 3.05) is 19.5 Å². The average molecular weight is 392 g/mol. The second-order valence-electron chi connectivity index (χ2n) is 6.76. The Kier molecular flexibility index (Phi) is 4.72. The van der Waals surface area contributed by atoms with Gasteiger partial charge in [-0.2, -0.15) is 0 Å². The number of aromatic carboxylic acids is 1. The molecule has 1 aliphatic heterocycles. The number of aromatic nitrogens is 1. The van der Waals surface area contributed by atoms with Crippen LogP contribution in [-0.4, -0.2) is 35.8 Å². The van der Waals surface area contributed by atoms with E-state index in [0.29, 0.717) is 17.2 Å². The Hall–Kier alpha value is -3.74. The zero-order valence-corrected chi connectivity index (χ0v) is 16.0. The van der Waals surface area contributed by atoms with Gasteiger partial charge in [-0.05, 0) is 29.8 Å². The minimum Gasteiger partial charge on any atom is -0.497 e. The van der Waals surface area contributed by atoms with Crippen molar-refractivity contribution in [2.45, 2.75) is 12.3 Å². The standard InChI is InChI=1S/C22H20N2O5/c1-28-15-8-6-13(7-9-15)17-11-19(25)23-20-18(22(26)27)12-24(21(17)20)14-4-3-5-16(10-14)29-2/h3-10,12,17H,11H2,1-2H3,(H,23,25)(H,26,27). The summed E-state index contributed by atoms with van der Waals surface area (Å²) in [6, 6.07) is 14.8. The summed E-state index contributed by atoms with van der Waals surface area (Å²) < 4.78 is 12.4. The molecule has 1 unspecified atom stereocenters. The predicted molar refractivity (Wildman–Crippen MR) is 107 cm³/mol. The number of carboxylic acids is 1. The molecule has 2 aromatic carbocycles. The second kappa shape index (κ2) is 7.35. The van der Waals surface area contributed by atoms with E-state index in [1.165, 1.54) is 0 Å². The van der Waals surface area contributed by atoms with Crippen LogP contribution in [-0.2, 0) is 4.79 Å². The number of fused-ring (bicyclic) bond motifs is 1. The van der Waals surface area contributed by atoms with Crippen LogP contribution in [0, 0.1) is 0 Å². The van der Waals surface area contributed by atoms with Crippen molar-refractivity contribution in [1.82, 2.24) is 4.57 Å². The van der Waals surface area contributed by atoms with E-state index in [9.17, 15) is 14.7 Å². The Bertz CT molecular complexity index is 1090. The Morgan fingerprint density at radius 1 is 1.10 bits per heavy atom. The first-order valence-corrected chi connectivity index (χ1v) is 9.08. The number of hydrogen-bond acceptors (Lipinski definition) is 4. The van der Waals surface area contributed by atoms with Gasteiger partial charge in [0.15, 0.2) is 0 Å². The van der Waals surface area contributed by atoms with Crippen molar-refractivity contribution < 1.29 is 24.2 Å². The van der Waals surface area contributed by atoms with Gasteiger partial charge < -0.3 is 24.5 Å². The molecule has 29 heavy (non-hydrogen) atoms. The van der Waals surface area contributed by atoms with E-state index in [4.69, 9.17) is 9.47 Å². The maximum atomic E-state index is 12.4. The number of methoxy groups -OCH3 is 2. The number of carbonyl (C=O) groups is 2. The zero-order valence-electron chi connectivity index (χ0n) is 16.0. The number of ether oxygens (including phenoxy) is 2. The number of carbonyl (C=O) groups excluding carboxylic acids is 1. The van der Waals surface area contributed by atoms with Gasteiger partial charge in [0, 0.05) is 30.3 Å². The van der Waals surface area contributed by atoms with Crippen LogP contribution in [0.1, 0.15) is 34.0 Å². The summed E-state index contributed by atoms with van der Waals surface area (Å²) in [5.74, 6) is -0.252. The molecule has 1 amide bonds. The Balaban J connectivity index is 1.93. The topological polar surface area (TPSA) is 89.8 Å². The molecule has 3 aromatic rings. The van der Waals surface area contributed by atoms with Crippen molar-refractivity contribution >= 4 is 17.6 Å². The molecule has 0 fully saturated rings. The fourth-order valence-electron chi connectivity index (χ4n) is 3.72. The van der Waals surface area contributed by atoms with Crippen LogP contribution in [0.15, 0.2) is 54.7 Å². The smallest absolute Gasteiger partial charge is 0.339 e. The summed E-state index contributed by atoms with van der Waals surface area (Å²) in [4.78, 5) is 24.3. The molecule has 0 spiro atoms. The molecule has 0 bridgehead atoms. The van der Waals surface area contributed by atoms with Crippen molar-refractivity contribution in [3.63, 3.8) is 0 Å². The molecule has 0 aliphatic carbocycles. The summed E-state index contributed by atoms with van der Waals surface area (Å²) in [6.07, 6.45) is 1.76. The largest absolute Gasteiger partial charge is 0.497 e. The number of benzene rings is 2. The number of amides is 1. The van der Waals surface area contributed by atoms with Gasteiger partial charge in [0.05, 0.1) is 25.6 Å². The van der Waals surface area contributed by atoms with Crippen LogP contribution >= 0.6 is 0 Å². The molecule has 1 aliphatic rings. The third-order valence-corrected chi connectivity index (χ3v) is 5.11. The molecule has 4 rings (SSSR count). The molecule has 0 saturated carbocycles. The SMILES string of the molecule is COc1ccc(C2CC(=O)Nc3c(C(=O)O)cn(-c4cccc(OC)c4)c32)cc1. The monoisotopic (exact) mass is 392 g/mol. The third kappa shape index (κ3) is 3.31. The quantitative estimate of drug-likeness (QED) is 0.692. The van der Waals surface area contributed by atoms with E-state index in [1.807, 2.05) is 53.1 Å². The fraction of sp³-hybridized carbons (Fsp3) is 0.182. The van der Waals surface area contributed by atoms with Gasteiger partial charge in [0.25, 0.3) is 0 Å². The predicted octanol–water partition coefficient (Wildman–Crippen LogP) is 3.67. The molecule has 0 saturated heterocycles. The Morgan fingerprint density at radius 3 is 2.48 bits per heavy atom. The minimum absolute atomic E-state index is 0.0504. The Labute approximate surface area is 167 Å². The molecular formula is C22H20N2O5. The highest BCUT2D eigenvalue weighted by molar-refractivity contribution is 6.04. The average Bonchev–Trinajstić information content (AvgIpc) is 3.13. The lowest BCUT2D eigenvalue weighted by Gasteiger charge is -2.26. The maximum Gasteiger partial charge on any atom is 0.339 e. The molecular weight excluding hydrogens is 372 g/mol. The number of rotatable bonds is 5. The molecule has 1 atom stereocenters. The molecule has 0 radical (unpaired) electrons. The van der Waals surface area contributed by atoms with Gasteiger partial charge >= 0.3 is 5.97 Å². The van der Waals surface area contributed by atoms with Gasteiger partial charge in [0.2, 0.25) is 5.91 Å². The lowest BCUT2D eigenvalue weighted by atomic mass is 9.88. The minimum atomic E-state index is -1.10. The van der Waals surface area contributed by atoms with E-state index in [1.54, 1.807) is 20.4 Å². The van der Waals surface area contributed by atoms with E-state index in [-0.39, 0.29) is 23.8 Å². The maximum absolute atomic E-state index is 12.4. The Morgan fingerprint density at radius 2 is 1.83 bits per heavy atom.